The Hall–Kier alpha value is -1.76. The number of benzene rings is 2. The Balaban J connectivity index is 2.24. The molecule has 0 saturated heterocycles. The van der Waals surface area contributed by atoms with Gasteiger partial charge in [-0.15, -0.1) is 0 Å². The van der Waals surface area contributed by atoms with Crippen LogP contribution in [0.4, 0.5) is 0 Å². The van der Waals surface area contributed by atoms with E-state index in [9.17, 15) is 9.90 Å². The van der Waals surface area contributed by atoms with Gasteiger partial charge in [0.15, 0.2) is 11.5 Å². The van der Waals surface area contributed by atoms with Crippen LogP contribution in [0.1, 0.15) is 25.0 Å². The van der Waals surface area contributed by atoms with Crippen LogP contribution in [0.25, 0.3) is 0 Å². The van der Waals surface area contributed by atoms with Gasteiger partial charge in [0.2, 0.25) is 0 Å². The molecular formula is C20H23BrClNO4. The SMILES string of the molecule is COc1ccc(Br)c(CNC(C(=O)O)C(C)C)c1OCc1ccc(Cl)cc1. The zero-order valence-electron chi connectivity index (χ0n) is 15.5. The third-order valence-electron chi connectivity index (χ3n) is 4.12. The van der Waals surface area contributed by atoms with Gasteiger partial charge in [0.1, 0.15) is 12.6 Å². The molecule has 1 atom stereocenters. The largest absolute Gasteiger partial charge is 0.493 e. The van der Waals surface area contributed by atoms with Crippen LogP contribution >= 0.6 is 27.5 Å². The molecule has 27 heavy (non-hydrogen) atoms. The van der Waals surface area contributed by atoms with Gasteiger partial charge in [0.25, 0.3) is 0 Å². The average molecular weight is 457 g/mol. The van der Waals surface area contributed by atoms with Crippen molar-refractivity contribution in [3.63, 3.8) is 0 Å². The van der Waals surface area contributed by atoms with Crippen LogP contribution < -0.4 is 14.8 Å². The number of rotatable bonds is 9. The van der Waals surface area contributed by atoms with E-state index in [0.717, 1.165) is 15.6 Å². The molecule has 0 radical (unpaired) electrons. The topological polar surface area (TPSA) is 67.8 Å². The molecule has 1 unspecified atom stereocenters. The fraction of sp³-hybridized carbons (Fsp3) is 0.350. The highest BCUT2D eigenvalue weighted by Crippen LogP contribution is 2.37. The zero-order valence-corrected chi connectivity index (χ0v) is 17.8. The molecule has 2 rings (SSSR count). The lowest BCUT2D eigenvalue weighted by Gasteiger charge is -2.21. The first-order valence-corrected chi connectivity index (χ1v) is 9.69. The van der Waals surface area contributed by atoms with E-state index in [2.05, 4.69) is 21.2 Å². The minimum atomic E-state index is -0.882. The normalized spacial score (nSPS) is 12.1. The Morgan fingerprint density at radius 1 is 1.22 bits per heavy atom. The zero-order chi connectivity index (χ0) is 20.0. The van der Waals surface area contributed by atoms with Crippen molar-refractivity contribution in [2.75, 3.05) is 7.11 Å². The minimum absolute atomic E-state index is 0.0506. The quantitative estimate of drug-likeness (QED) is 0.562. The van der Waals surface area contributed by atoms with Crippen molar-refractivity contribution in [1.82, 2.24) is 5.32 Å². The maximum absolute atomic E-state index is 11.5. The molecule has 5 nitrogen and oxygen atoms in total. The van der Waals surface area contributed by atoms with E-state index in [4.69, 9.17) is 21.1 Å². The van der Waals surface area contributed by atoms with E-state index < -0.39 is 12.0 Å². The smallest absolute Gasteiger partial charge is 0.320 e. The second kappa shape index (κ2) is 9.97. The molecule has 0 amide bonds. The van der Waals surface area contributed by atoms with Gasteiger partial charge in [0, 0.05) is 21.6 Å². The van der Waals surface area contributed by atoms with Gasteiger partial charge in [-0.1, -0.05) is 53.5 Å². The summed E-state index contributed by atoms with van der Waals surface area (Å²) in [5.41, 5.74) is 1.76. The summed E-state index contributed by atoms with van der Waals surface area (Å²) < 4.78 is 12.3. The van der Waals surface area contributed by atoms with Gasteiger partial charge in [-0.2, -0.15) is 0 Å². The van der Waals surface area contributed by atoms with Crippen LogP contribution in [0, 0.1) is 5.92 Å². The van der Waals surface area contributed by atoms with E-state index in [1.165, 1.54) is 0 Å². The standard InChI is InChI=1S/C20H23BrClNO4/c1-12(2)18(20(24)25)23-10-15-16(21)8-9-17(26-3)19(15)27-11-13-4-6-14(22)7-5-13/h4-9,12,18,23H,10-11H2,1-3H3,(H,24,25). The molecule has 0 spiro atoms. The molecule has 2 N–H and O–H groups in total. The fourth-order valence-electron chi connectivity index (χ4n) is 2.62. The number of aliphatic carboxylic acids is 1. The Kier molecular flexibility index (Phi) is 7.95. The predicted molar refractivity (Wildman–Crippen MR) is 110 cm³/mol. The molecule has 0 saturated carbocycles. The number of halogens is 2. The summed E-state index contributed by atoms with van der Waals surface area (Å²) >= 11 is 9.45. The number of carboxylic acid groups (broad SMARTS) is 1. The number of hydrogen-bond acceptors (Lipinski definition) is 4. The highest BCUT2D eigenvalue weighted by molar-refractivity contribution is 9.10. The number of hydrogen-bond donors (Lipinski definition) is 2. The van der Waals surface area contributed by atoms with E-state index in [-0.39, 0.29) is 5.92 Å². The molecule has 0 bridgehead atoms. The summed E-state index contributed by atoms with van der Waals surface area (Å²) in [5, 5.41) is 13.1. The van der Waals surface area contributed by atoms with Crippen LogP contribution in [0.15, 0.2) is 40.9 Å². The van der Waals surface area contributed by atoms with Crippen molar-refractivity contribution in [2.24, 2.45) is 5.92 Å². The molecule has 0 fully saturated rings. The Bertz CT molecular complexity index is 780. The lowest BCUT2D eigenvalue weighted by molar-refractivity contribution is -0.140. The number of nitrogens with one attached hydrogen (secondary N) is 1. The van der Waals surface area contributed by atoms with Crippen LogP contribution in [0.5, 0.6) is 11.5 Å². The van der Waals surface area contributed by atoms with Crippen molar-refractivity contribution in [1.29, 1.82) is 0 Å². The Morgan fingerprint density at radius 2 is 1.89 bits per heavy atom. The van der Waals surface area contributed by atoms with Gasteiger partial charge < -0.3 is 14.6 Å². The molecular weight excluding hydrogens is 434 g/mol. The number of ether oxygens (including phenoxy) is 2. The maximum Gasteiger partial charge on any atom is 0.320 e. The molecule has 0 heterocycles. The monoisotopic (exact) mass is 455 g/mol. The first-order chi connectivity index (χ1) is 12.8. The average Bonchev–Trinajstić information content (AvgIpc) is 2.62. The summed E-state index contributed by atoms with van der Waals surface area (Å²) in [6, 6.07) is 10.4. The second-order valence-electron chi connectivity index (χ2n) is 6.41. The van der Waals surface area contributed by atoms with Crippen molar-refractivity contribution < 1.29 is 19.4 Å². The molecule has 2 aromatic rings. The van der Waals surface area contributed by atoms with Gasteiger partial charge in [-0.05, 0) is 35.7 Å². The van der Waals surface area contributed by atoms with Gasteiger partial charge in [-0.3, -0.25) is 10.1 Å². The first kappa shape index (κ1) is 21.5. The lowest BCUT2D eigenvalue weighted by Crippen LogP contribution is -2.40. The molecule has 0 aromatic heterocycles. The third kappa shape index (κ3) is 5.86. The number of carboxylic acids is 1. The first-order valence-electron chi connectivity index (χ1n) is 8.52. The molecule has 0 aliphatic carbocycles. The van der Waals surface area contributed by atoms with Crippen molar-refractivity contribution in [3.05, 3.63) is 57.0 Å². The molecule has 7 heteroatoms. The van der Waals surface area contributed by atoms with Gasteiger partial charge in [-0.25, -0.2) is 0 Å². The number of methoxy groups -OCH3 is 1. The Labute approximate surface area is 172 Å². The lowest BCUT2D eigenvalue weighted by atomic mass is 10.0. The molecule has 0 aliphatic rings. The second-order valence-corrected chi connectivity index (χ2v) is 7.70. The highest BCUT2D eigenvalue weighted by Gasteiger charge is 2.23. The van der Waals surface area contributed by atoms with E-state index in [1.54, 1.807) is 19.2 Å². The van der Waals surface area contributed by atoms with E-state index in [0.29, 0.717) is 29.7 Å². The van der Waals surface area contributed by atoms with Gasteiger partial charge in [0.05, 0.1) is 7.11 Å². The third-order valence-corrected chi connectivity index (χ3v) is 5.11. The van der Waals surface area contributed by atoms with Crippen LogP contribution in [-0.2, 0) is 17.9 Å². The predicted octanol–water partition coefficient (Wildman–Crippen LogP) is 4.89. The highest BCUT2D eigenvalue weighted by atomic mass is 79.9. The summed E-state index contributed by atoms with van der Waals surface area (Å²) in [7, 11) is 1.57. The van der Waals surface area contributed by atoms with Crippen LogP contribution in [0.3, 0.4) is 0 Å². The van der Waals surface area contributed by atoms with Crippen molar-refractivity contribution >= 4 is 33.5 Å². The molecule has 146 valence electrons. The Morgan fingerprint density at radius 3 is 2.44 bits per heavy atom. The van der Waals surface area contributed by atoms with Crippen molar-refractivity contribution in [3.8, 4) is 11.5 Å². The van der Waals surface area contributed by atoms with Crippen LogP contribution in [0.2, 0.25) is 5.02 Å². The summed E-state index contributed by atoms with van der Waals surface area (Å²) in [6.45, 7) is 4.39. The fourth-order valence-corrected chi connectivity index (χ4v) is 3.20. The van der Waals surface area contributed by atoms with Crippen LogP contribution in [-0.4, -0.2) is 24.2 Å². The number of carbonyl (C=O) groups is 1. The van der Waals surface area contributed by atoms with Gasteiger partial charge >= 0.3 is 5.97 Å². The minimum Gasteiger partial charge on any atom is -0.493 e. The summed E-state index contributed by atoms with van der Waals surface area (Å²) in [5.74, 6) is 0.223. The van der Waals surface area contributed by atoms with E-state index >= 15 is 0 Å². The molecule has 0 aliphatic heterocycles. The molecule has 2 aromatic carbocycles. The van der Waals surface area contributed by atoms with Crippen molar-refractivity contribution in [2.45, 2.75) is 33.0 Å². The summed E-state index contributed by atoms with van der Waals surface area (Å²) in [6.07, 6.45) is 0. The summed E-state index contributed by atoms with van der Waals surface area (Å²) in [4.78, 5) is 11.5. The maximum atomic E-state index is 11.5. The van der Waals surface area contributed by atoms with E-state index in [1.807, 2.05) is 38.1 Å².